The zero-order valence-corrected chi connectivity index (χ0v) is 20.4. The van der Waals surface area contributed by atoms with Crippen LogP contribution in [0.15, 0.2) is 42.5 Å². The summed E-state index contributed by atoms with van der Waals surface area (Å²) in [4.78, 5) is 26.0. The van der Waals surface area contributed by atoms with Crippen molar-refractivity contribution in [1.82, 2.24) is 5.32 Å². The van der Waals surface area contributed by atoms with Crippen LogP contribution in [0.25, 0.3) is 10.8 Å². The van der Waals surface area contributed by atoms with E-state index in [1.807, 2.05) is 39.0 Å². The Morgan fingerprint density at radius 2 is 1.77 bits per heavy atom. The zero-order valence-electron chi connectivity index (χ0n) is 19.6. The maximum atomic E-state index is 13.3. The molecule has 4 nitrogen and oxygen atoms in total. The van der Waals surface area contributed by atoms with Gasteiger partial charge in [0.25, 0.3) is 0 Å². The fourth-order valence-electron chi connectivity index (χ4n) is 3.54. The molecule has 2 atom stereocenters. The van der Waals surface area contributed by atoms with E-state index in [1.54, 1.807) is 11.8 Å². The number of unbranched alkanes of at least 4 members (excludes halogenated alkanes) is 1. The van der Waals surface area contributed by atoms with Gasteiger partial charge >= 0.3 is 5.97 Å². The monoisotopic (exact) mass is 443 g/mol. The van der Waals surface area contributed by atoms with Gasteiger partial charge in [-0.1, -0.05) is 69.2 Å². The predicted octanol–water partition coefficient (Wildman–Crippen LogP) is 5.77. The number of ether oxygens (including phenoxy) is 1. The highest BCUT2D eigenvalue weighted by molar-refractivity contribution is 7.99. The number of nitrogens with one attached hydrogen (secondary N) is 1. The topological polar surface area (TPSA) is 55.4 Å². The van der Waals surface area contributed by atoms with Crippen LogP contribution in [0.5, 0.6) is 0 Å². The smallest absolute Gasteiger partial charge is 0.329 e. The first-order valence-corrected chi connectivity index (χ1v) is 12.5. The van der Waals surface area contributed by atoms with Crippen LogP contribution in [0.4, 0.5) is 0 Å². The number of hydrogen-bond donors (Lipinski definition) is 1. The molecule has 0 saturated carbocycles. The van der Waals surface area contributed by atoms with E-state index in [1.165, 1.54) is 10.8 Å². The SMILES string of the molecule is CCCC[C@H](NC(=O)[C@@H](CSCC)Cc1cccc2ccccc12)C(=O)OC(C)(C)C. The summed E-state index contributed by atoms with van der Waals surface area (Å²) < 4.78 is 5.58. The first kappa shape index (κ1) is 25.3. The Morgan fingerprint density at radius 3 is 2.45 bits per heavy atom. The van der Waals surface area contributed by atoms with Gasteiger partial charge in [-0.05, 0) is 55.7 Å². The second kappa shape index (κ2) is 12.1. The molecule has 170 valence electrons. The van der Waals surface area contributed by atoms with Crippen molar-refractivity contribution < 1.29 is 14.3 Å². The van der Waals surface area contributed by atoms with Crippen molar-refractivity contribution in [3.05, 3.63) is 48.0 Å². The molecule has 31 heavy (non-hydrogen) atoms. The number of benzene rings is 2. The van der Waals surface area contributed by atoms with Crippen molar-refractivity contribution in [1.29, 1.82) is 0 Å². The lowest BCUT2D eigenvalue weighted by Crippen LogP contribution is -2.47. The molecule has 2 aromatic rings. The fourth-order valence-corrected chi connectivity index (χ4v) is 4.33. The third kappa shape index (κ3) is 8.21. The van der Waals surface area contributed by atoms with Crippen molar-refractivity contribution in [3.63, 3.8) is 0 Å². The lowest BCUT2D eigenvalue weighted by Gasteiger charge is -2.26. The van der Waals surface area contributed by atoms with Crippen molar-refractivity contribution >= 4 is 34.4 Å². The number of fused-ring (bicyclic) bond motifs is 1. The van der Waals surface area contributed by atoms with E-state index >= 15 is 0 Å². The van der Waals surface area contributed by atoms with Crippen molar-refractivity contribution in [3.8, 4) is 0 Å². The van der Waals surface area contributed by atoms with Crippen molar-refractivity contribution in [2.75, 3.05) is 11.5 Å². The molecule has 0 fully saturated rings. The van der Waals surface area contributed by atoms with E-state index in [4.69, 9.17) is 4.74 Å². The van der Waals surface area contributed by atoms with Gasteiger partial charge in [-0.3, -0.25) is 4.79 Å². The minimum Gasteiger partial charge on any atom is -0.458 e. The molecule has 0 saturated heterocycles. The van der Waals surface area contributed by atoms with E-state index < -0.39 is 11.6 Å². The molecule has 0 spiro atoms. The average molecular weight is 444 g/mol. The molecule has 1 N–H and O–H groups in total. The lowest BCUT2D eigenvalue weighted by molar-refractivity contribution is -0.159. The lowest BCUT2D eigenvalue weighted by atomic mass is 9.95. The zero-order chi connectivity index (χ0) is 22.9. The summed E-state index contributed by atoms with van der Waals surface area (Å²) in [5.41, 5.74) is 0.588. The summed E-state index contributed by atoms with van der Waals surface area (Å²) in [6, 6.07) is 13.9. The number of carbonyl (C=O) groups excluding carboxylic acids is 2. The van der Waals surface area contributed by atoms with Gasteiger partial charge in [-0.15, -0.1) is 0 Å². The predicted molar refractivity (Wildman–Crippen MR) is 131 cm³/mol. The van der Waals surface area contributed by atoms with Gasteiger partial charge in [0.05, 0.1) is 5.92 Å². The van der Waals surface area contributed by atoms with E-state index in [9.17, 15) is 9.59 Å². The maximum absolute atomic E-state index is 13.3. The Labute approximate surface area is 191 Å². The van der Waals surface area contributed by atoms with Gasteiger partial charge < -0.3 is 10.1 Å². The van der Waals surface area contributed by atoms with Crippen molar-refractivity contribution in [2.45, 2.75) is 71.9 Å². The maximum Gasteiger partial charge on any atom is 0.329 e. The molecule has 0 aromatic heterocycles. The highest BCUT2D eigenvalue weighted by Crippen LogP contribution is 2.23. The van der Waals surface area contributed by atoms with Crippen LogP contribution < -0.4 is 5.32 Å². The molecule has 0 bridgehead atoms. The van der Waals surface area contributed by atoms with Crippen molar-refractivity contribution in [2.24, 2.45) is 5.92 Å². The van der Waals surface area contributed by atoms with Gasteiger partial charge in [0.15, 0.2) is 0 Å². The molecule has 0 heterocycles. The van der Waals surface area contributed by atoms with Crippen LogP contribution in [0.2, 0.25) is 0 Å². The minimum absolute atomic E-state index is 0.0687. The Bertz CT molecular complexity index is 854. The second-order valence-electron chi connectivity index (χ2n) is 8.94. The summed E-state index contributed by atoms with van der Waals surface area (Å²) >= 11 is 1.76. The number of amides is 1. The minimum atomic E-state index is -0.603. The molecule has 0 aliphatic heterocycles. The third-order valence-corrected chi connectivity index (χ3v) is 6.14. The molecule has 0 aliphatic carbocycles. The van der Waals surface area contributed by atoms with Crippen LogP contribution in [-0.4, -0.2) is 35.0 Å². The molecule has 0 radical (unpaired) electrons. The third-order valence-electron chi connectivity index (χ3n) is 5.09. The number of carbonyl (C=O) groups is 2. The number of rotatable bonds is 11. The molecular formula is C26H37NO3S. The van der Waals surface area contributed by atoms with Gasteiger partial charge in [-0.25, -0.2) is 4.79 Å². The largest absolute Gasteiger partial charge is 0.458 e. The van der Waals surface area contributed by atoms with Gasteiger partial charge in [0, 0.05) is 5.75 Å². The van der Waals surface area contributed by atoms with E-state index in [0.29, 0.717) is 12.8 Å². The molecule has 5 heteroatoms. The summed E-state index contributed by atoms with van der Waals surface area (Å²) in [5.74, 6) is 1.05. The second-order valence-corrected chi connectivity index (χ2v) is 10.3. The summed E-state index contributed by atoms with van der Waals surface area (Å²) in [5, 5.41) is 5.38. The summed E-state index contributed by atoms with van der Waals surface area (Å²) in [7, 11) is 0. The first-order chi connectivity index (χ1) is 14.7. The molecule has 2 aromatic carbocycles. The molecular weight excluding hydrogens is 406 g/mol. The highest BCUT2D eigenvalue weighted by Gasteiger charge is 2.29. The van der Waals surface area contributed by atoms with Crippen LogP contribution >= 0.6 is 11.8 Å². The normalized spacial score (nSPS) is 13.6. The highest BCUT2D eigenvalue weighted by atomic mass is 32.2. The number of thioether (sulfide) groups is 1. The van der Waals surface area contributed by atoms with Crippen LogP contribution in [0.3, 0.4) is 0 Å². The van der Waals surface area contributed by atoms with Gasteiger partial charge in [-0.2, -0.15) is 11.8 Å². The Balaban J connectivity index is 2.20. The standard InChI is InChI=1S/C26H37NO3S/c1-6-8-16-23(25(29)30-26(3,4)5)27-24(28)21(18-31-7-2)17-20-14-11-13-19-12-9-10-15-22(19)20/h9-15,21,23H,6-8,16-18H2,1-5H3,(H,27,28)/t21-,23+/m1/s1. The summed E-state index contributed by atoms with van der Waals surface area (Å²) in [6.07, 6.45) is 3.07. The quantitative estimate of drug-likeness (QED) is 0.448. The number of hydrogen-bond acceptors (Lipinski definition) is 4. The summed E-state index contributed by atoms with van der Waals surface area (Å²) in [6.45, 7) is 9.73. The van der Waals surface area contributed by atoms with E-state index in [-0.39, 0.29) is 17.8 Å². The van der Waals surface area contributed by atoms with Gasteiger partial charge in [0.1, 0.15) is 11.6 Å². The Morgan fingerprint density at radius 1 is 1.06 bits per heavy atom. The van der Waals surface area contributed by atoms with Crippen LogP contribution in [0, 0.1) is 5.92 Å². The first-order valence-electron chi connectivity index (χ1n) is 11.3. The van der Waals surface area contributed by atoms with E-state index in [0.717, 1.165) is 29.9 Å². The Hall–Kier alpha value is -2.01. The van der Waals surface area contributed by atoms with Crippen LogP contribution in [-0.2, 0) is 20.7 Å². The molecule has 2 rings (SSSR count). The number of esters is 1. The van der Waals surface area contributed by atoms with E-state index in [2.05, 4.69) is 43.4 Å². The van der Waals surface area contributed by atoms with Gasteiger partial charge in [0.2, 0.25) is 5.91 Å². The fraction of sp³-hybridized carbons (Fsp3) is 0.538. The molecule has 1 amide bonds. The molecule has 0 aliphatic rings. The molecule has 0 unspecified atom stereocenters. The van der Waals surface area contributed by atoms with Crippen LogP contribution in [0.1, 0.15) is 59.4 Å². The average Bonchev–Trinajstić information content (AvgIpc) is 2.72. The Kier molecular flexibility index (Phi) is 9.89.